The highest BCUT2D eigenvalue weighted by Gasteiger charge is 2.42. The summed E-state index contributed by atoms with van der Waals surface area (Å²) in [5.41, 5.74) is 8.21. The molecule has 1 aromatic carbocycles. The predicted molar refractivity (Wildman–Crippen MR) is 97.0 cm³/mol. The molecular formula is C18H25ClN4O. The number of hydrogen-bond donors (Lipinski definition) is 2. The maximum atomic E-state index is 12.4. The van der Waals surface area contributed by atoms with Gasteiger partial charge in [0.1, 0.15) is 5.82 Å². The van der Waals surface area contributed by atoms with Gasteiger partial charge in [0.2, 0.25) is 5.91 Å². The monoisotopic (exact) mass is 348 g/mol. The Morgan fingerprint density at radius 3 is 2.92 bits per heavy atom. The quantitative estimate of drug-likeness (QED) is 0.891. The molecule has 1 saturated carbocycles. The van der Waals surface area contributed by atoms with Crippen molar-refractivity contribution in [1.82, 2.24) is 14.9 Å². The standard InChI is InChI=1S/C18H24N4O.ClH/c19-14-9-8-12-10-22(11-13(12)14)18(23)7-3-6-17-20-15-4-1-2-5-16(15)21-17;/h1-2,4-5,12-14H,3,6-11,19H2,(H,20,21);1H. The SMILES string of the molecule is Cl.NC1CCC2CN(C(=O)CCCc3nc4ccccc4[nH]3)CC12. The number of benzene rings is 1. The highest BCUT2D eigenvalue weighted by Crippen LogP contribution is 2.37. The summed E-state index contributed by atoms with van der Waals surface area (Å²) in [6, 6.07) is 8.33. The molecule has 2 aliphatic rings. The zero-order chi connectivity index (χ0) is 15.8. The lowest BCUT2D eigenvalue weighted by atomic mass is 9.98. The first kappa shape index (κ1) is 17.2. The van der Waals surface area contributed by atoms with E-state index in [-0.39, 0.29) is 18.3 Å². The first-order valence-corrected chi connectivity index (χ1v) is 8.67. The fourth-order valence-corrected chi connectivity index (χ4v) is 4.20. The van der Waals surface area contributed by atoms with E-state index in [9.17, 15) is 4.79 Å². The second-order valence-corrected chi connectivity index (χ2v) is 7.02. The summed E-state index contributed by atoms with van der Waals surface area (Å²) < 4.78 is 0. The minimum Gasteiger partial charge on any atom is -0.342 e. The van der Waals surface area contributed by atoms with E-state index in [2.05, 4.69) is 9.97 Å². The number of rotatable bonds is 4. The molecule has 6 heteroatoms. The maximum absolute atomic E-state index is 12.4. The van der Waals surface area contributed by atoms with E-state index >= 15 is 0 Å². The van der Waals surface area contributed by atoms with Gasteiger partial charge in [-0.2, -0.15) is 0 Å². The van der Waals surface area contributed by atoms with Gasteiger partial charge in [-0.1, -0.05) is 12.1 Å². The van der Waals surface area contributed by atoms with Crippen LogP contribution in [0.25, 0.3) is 11.0 Å². The molecule has 0 radical (unpaired) electrons. The predicted octanol–water partition coefficient (Wildman–Crippen LogP) is 2.50. The smallest absolute Gasteiger partial charge is 0.222 e. The molecule has 1 aliphatic carbocycles. The zero-order valence-corrected chi connectivity index (χ0v) is 14.6. The summed E-state index contributed by atoms with van der Waals surface area (Å²) in [4.78, 5) is 22.3. The number of nitrogens with zero attached hydrogens (tertiary/aromatic N) is 2. The second-order valence-electron chi connectivity index (χ2n) is 7.02. The van der Waals surface area contributed by atoms with Crippen LogP contribution in [0, 0.1) is 11.8 Å². The van der Waals surface area contributed by atoms with Crippen molar-refractivity contribution in [3.63, 3.8) is 0 Å². The Balaban J connectivity index is 0.00000169. The first-order valence-electron chi connectivity index (χ1n) is 8.67. The molecule has 1 saturated heterocycles. The Kier molecular flexibility index (Phi) is 5.11. The topological polar surface area (TPSA) is 75.0 Å². The molecule has 2 aromatic rings. The van der Waals surface area contributed by atoms with Gasteiger partial charge < -0.3 is 15.6 Å². The number of aromatic amines is 1. The molecule has 4 rings (SSSR count). The number of carbonyl (C=O) groups is 1. The summed E-state index contributed by atoms with van der Waals surface area (Å²) in [6.45, 7) is 1.79. The van der Waals surface area contributed by atoms with E-state index in [1.54, 1.807) is 0 Å². The van der Waals surface area contributed by atoms with Crippen molar-refractivity contribution >= 4 is 29.3 Å². The van der Waals surface area contributed by atoms with Crippen LogP contribution in [0.1, 0.15) is 31.5 Å². The number of nitrogens with one attached hydrogen (secondary N) is 1. The minimum atomic E-state index is 0. The average molecular weight is 349 g/mol. The lowest BCUT2D eigenvalue weighted by Crippen LogP contribution is -2.33. The minimum absolute atomic E-state index is 0. The van der Waals surface area contributed by atoms with E-state index in [4.69, 9.17) is 5.73 Å². The maximum Gasteiger partial charge on any atom is 0.222 e. The van der Waals surface area contributed by atoms with Crippen LogP contribution in [0.3, 0.4) is 0 Å². The number of halogens is 1. The van der Waals surface area contributed by atoms with E-state index in [0.29, 0.717) is 24.3 Å². The Morgan fingerprint density at radius 1 is 1.29 bits per heavy atom. The van der Waals surface area contributed by atoms with E-state index in [1.807, 2.05) is 29.2 Å². The van der Waals surface area contributed by atoms with Crippen LogP contribution in [0.15, 0.2) is 24.3 Å². The number of fused-ring (bicyclic) bond motifs is 2. The normalized spacial score (nSPS) is 25.7. The molecule has 24 heavy (non-hydrogen) atoms. The lowest BCUT2D eigenvalue weighted by molar-refractivity contribution is -0.130. The summed E-state index contributed by atoms with van der Waals surface area (Å²) in [5, 5.41) is 0. The lowest BCUT2D eigenvalue weighted by Gasteiger charge is -2.18. The van der Waals surface area contributed by atoms with Crippen LogP contribution < -0.4 is 5.73 Å². The Hall–Kier alpha value is -1.59. The number of aromatic nitrogens is 2. The molecule has 130 valence electrons. The Morgan fingerprint density at radius 2 is 2.12 bits per heavy atom. The third-order valence-corrected chi connectivity index (χ3v) is 5.51. The fourth-order valence-electron chi connectivity index (χ4n) is 4.20. The third kappa shape index (κ3) is 3.28. The number of imidazole rings is 1. The number of H-pyrrole nitrogens is 1. The summed E-state index contributed by atoms with van der Waals surface area (Å²) in [7, 11) is 0. The molecule has 3 atom stereocenters. The van der Waals surface area contributed by atoms with Crippen LogP contribution >= 0.6 is 12.4 Å². The first-order chi connectivity index (χ1) is 11.2. The van der Waals surface area contributed by atoms with Gasteiger partial charge in [0.15, 0.2) is 0 Å². The molecule has 1 aliphatic heterocycles. The molecule has 3 unspecified atom stereocenters. The molecule has 2 heterocycles. The van der Waals surface area contributed by atoms with Crippen molar-refractivity contribution in [1.29, 1.82) is 0 Å². The number of para-hydroxylation sites is 2. The summed E-state index contributed by atoms with van der Waals surface area (Å²) in [5.74, 6) is 2.43. The zero-order valence-electron chi connectivity index (χ0n) is 13.8. The molecule has 0 bridgehead atoms. The molecule has 0 spiro atoms. The molecule has 3 N–H and O–H groups in total. The third-order valence-electron chi connectivity index (χ3n) is 5.51. The van der Waals surface area contributed by atoms with Crippen molar-refractivity contribution in [3.05, 3.63) is 30.1 Å². The van der Waals surface area contributed by atoms with Gasteiger partial charge in [-0.05, 0) is 43.2 Å². The number of hydrogen-bond acceptors (Lipinski definition) is 3. The summed E-state index contributed by atoms with van der Waals surface area (Å²) in [6.07, 6.45) is 4.58. The second kappa shape index (κ2) is 7.11. The largest absolute Gasteiger partial charge is 0.342 e. The van der Waals surface area contributed by atoms with Crippen molar-refractivity contribution in [2.24, 2.45) is 17.6 Å². The van der Waals surface area contributed by atoms with E-state index in [0.717, 1.165) is 49.2 Å². The van der Waals surface area contributed by atoms with Gasteiger partial charge in [0.05, 0.1) is 11.0 Å². The van der Waals surface area contributed by atoms with Crippen LogP contribution in [-0.4, -0.2) is 39.9 Å². The number of carbonyl (C=O) groups excluding carboxylic acids is 1. The van der Waals surface area contributed by atoms with Gasteiger partial charge in [-0.25, -0.2) is 4.98 Å². The average Bonchev–Trinajstić information content (AvgIpc) is 3.22. The number of aryl methyl sites for hydroxylation is 1. The number of likely N-dealkylation sites (tertiary alicyclic amines) is 1. The fraction of sp³-hybridized carbons (Fsp3) is 0.556. The highest BCUT2D eigenvalue weighted by molar-refractivity contribution is 5.85. The Bertz CT molecular complexity index is 683. The van der Waals surface area contributed by atoms with Crippen LogP contribution in [0.2, 0.25) is 0 Å². The summed E-state index contributed by atoms with van der Waals surface area (Å²) >= 11 is 0. The Labute approximate surface area is 148 Å². The van der Waals surface area contributed by atoms with Gasteiger partial charge in [0.25, 0.3) is 0 Å². The number of amides is 1. The molecule has 5 nitrogen and oxygen atoms in total. The van der Waals surface area contributed by atoms with Gasteiger partial charge in [-0.15, -0.1) is 12.4 Å². The van der Waals surface area contributed by atoms with Crippen molar-refractivity contribution in [2.75, 3.05) is 13.1 Å². The van der Waals surface area contributed by atoms with Gasteiger partial charge in [-0.3, -0.25) is 4.79 Å². The number of nitrogens with two attached hydrogens (primary N) is 1. The van der Waals surface area contributed by atoms with Crippen molar-refractivity contribution in [2.45, 2.75) is 38.1 Å². The van der Waals surface area contributed by atoms with E-state index in [1.165, 1.54) is 6.42 Å². The van der Waals surface area contributed by atoms with Crippen LogP contribution in [0.5, 0.6) is 0 Å². The molecular weight excluding hydrogens is 324 g/mol. The van der Waals surface area contributed by atoms with E-state index < -0.39 is 0 Å². The van der Waals surface area contributed by atoms with Gasteiger partial charge in [0, 0.05) is 32.0 Å². The van der Waals surface area contributed by atoms with Gasteiger partial charge >= 0.3 is 0 Å². The van der Waals surface area contributed by atoms with Crippen molar-refractivity contribution in [3.8, 4) is 0 Å². The molecule has 2 fully saturated rings. The highest BCUT2D eigenvalue weighted by atomic mass is 35.5. The molecule has 1 amide bonds. The van der Waals surface area contributed by atoms with Crippen LogP contribution in [0.4, 0.5) is 0 Å². The molecule has 1 aromatic heterocycles. The van der Waals surface area contributed by atoms with Crippen LogP contribution in [-0.2, 0) is 11.2 Å². The van der Waals surface area contributed by atoms with Crippen molar-refractivity contribution < 1.29 is 4.79 Å².